The van der Waals surface area contributed by atoms with Crippen LogP contribution in [0.4, 0.5) is 18.9 Å². The molecule has 0 aromatic heterocycles. The average Bonchev–Trinajstić information content (AvgIpc) is 2.26. The molecule has 0 bridgehead atoms. The van der Waals surface area contributed by atoms with Crippen LogP contribution in [0.3, 0.4) is 0 Å². The van der Waals surface area contributed by atoms with Crippen molar-refractivity contribution in [2.45, 2.75) is 12.6 Å². The Hall–Kier alpha value is -1.23. The molecule has 0 spiro atoms. The number of anilines is 1. The van der Waals surface area contributed by atoms with Gasteiger partial charge in [0.2, 0.25) is 0 Å². The fourth-order valence-electron chi connectivity index (χ4n) is 2.38. The molecule has 5 heteroatoms. The van der Waals surface area contributed by atoms with Crippen LogP contribution in [0.2, 0.25) is 0 Å². The van der Waals surface area contributed by atoms with E-state index >= 15 is 0 Å². The quantitative estimate of drug-likeness (QED) is 0.877. The summed E-state index contributed by atoms with van der Waals surface area (Å²) < 4.78 is 37.7. The minimum absolute atomic E-state index is 0.448. The molecular formula is C13H17F3N2. The number of alkyl halides is 3. The number of nitrogens with zero attached hydrogens (tertiary/aromatic N) is 1. The number of nitrogens with one attached hydrogen (secondary N) is 1. The molecule has 0 amide bonds. The van der Waals surface area contributed by atoms with Crippen molar-refractivity contribution < 1.29 is 13.2 Å². The largest absolute Gasteiger partial charge is 0.416 e. The molecule has 0 radical (unpaired) electrons. The van der Waals surface area contributed by atoms with Gasteiger partial charge in [-0.2, -0.15) is 13.2 Å². The summed E-state index contributed by atoms with van der Waals surface area (Å²) in [6.07, 6.45) is -3.43. The minimum atomic E-state index is -4.27. The number of benzene rings is 1. The Balaban J connectivity index is 2.16. The summed E-state index contributed by atoms with van der Waals surface area (Å²) in [5.74, 6) is 0.448. The van der Waals surface area contributed by atoms with E-state index in [1.165, 1.54) is 12.1 Å². The summed E-state index contributed by atoms with van der Waals surface area (Å²) in [5, 5.41) is 3.10. The number of hydrogen-bond acceptors (Lipinski definition) is 2. The molecule has 1 aliphatic rings. The van der Waals surface area contributed by atoms with Gasteiger partial charge in [0.25, 0.3) is 0 Å². The highest BCUT2D eigenvalue weighted by Crippen LogP contribution is 2.34. The van der Waals surface area contributed by atoms with E-state index in [-0.39, 0.29) is 0 Å². The van der Waals surface area contributed by atoms with Crippen LogP contribution in [0.15, 0.2) is 18.2 Å². The van der Waals surface area contributed by atoms with Crippen LogP contribution in [-0.4, -0.2) is 32.1 Å². The van der Waals surface area contributed by atoms with E-state index in [0.717, 1.165) is 25.1 Å². The van der Waals surface area contributed by atoms with Crippen molar-refractivity contribution in [3.63, 3.8) is 0 Å². The Morgan fingerprint density at radius 3 is 2.67 bits per heavy atom. The average molecular weight is 258 g/mol. The topological polar surface area (TPSA) is 15.3 Å². The predicted octanol–water partition coefficient (Wildman–Crippen LogP) is 2.85. The first-order valence-electron chi connectivity index (χ1n) is 5.95. The summed E-state index contributed by atoms with van der Waals surface area (Å²) >= 11 is 0. The summed E-state index contributed by atoms with van der Waals surface area (Å²) in [4.78, 5) is 2.10. The molecule has 0 aliphatic carbocycles. The molecule has 1 atom stereocenters. The first kappa shape index (κ1) is 13.2. The predicted molar refractivity (Wildman–Crippen MR) is 65.7 cm³/mol. The van der Waals surface area contributed by atoms with Gasteiger partial charge in [-0.3, -0.25) is 0 Å². The maximum Gasteiger partial charge on any atom is 0.416 e. The molecule has 1 aromatic rings. The number of fused-ring (bicyclic) bond motifs is 1. The van der Waals surface area contributed by atoms with E-state index in [9.17, 15) is 13.2 Å². The molecule has 0 saturated heterocycles. The normalized spacial score (nSPS) is 19.6. The van der Waals surface area contributed by atoms with Gasteiger partial charge < -0.3 is 10.2 Å². The third-order valence-corrected chi connectivity index (χ3v) is 3.15. The van der Waals surface area contributed by atoms with Crippen molar-refractivity contribution in [3.8, 4) is 0 Å². The molecule has 0 fully saturated rings. The third-order valence-electron chi connectivity index (χ3n) is 3.15. The molecule has 1 aliphatic heterocycles. The van der Waals surface area contributed by atoms with Crippen LogP contribution < -0.4 is 5.32 Å². The Kier molecular flexibility index (Phi) is 3.52. The number of rotatable bonds is 2. The zero-order valence-corrected chi connectivity index (χ0v) is 10.5. The first-order chi connectivity index (χ1) is 8.36. The molecule has 1 aromatic carbocycles. The Morgan fingerprint density at radius 1 is 1.33 bits per heavy atom. The minimum Gasteiger partial charge on any atom is -0.384 e. The second-order valence-corrected chi connectivity index (χ2v) is 5.08. The van der Waals surface area contributed by atoms with Gasteiger partial charge in [-0.05, 0) is 44.1 Å². The van der Waals surface area contributed by atoms with Gasteiger partial charge in [-0.25, -0.2) is 0 Å². The second kappa shape index (κ2) is 4.80. The SMILES string of the molecule is CN(C)CC1CNc2cc(C(F)(F)F)ccc2C1. The van der Waals surface area contributed by atoms with E-state index in [0.29, 0.717) is 11.6 Å². The van der Waals surface area contributed by atoms with Crippen LogP contribution in [0.5, 0.6) is 0 Å². The lowest BCUT2D eigenvalue weighted by atomic mass is 9.92. The maximum absolute atomic E-state index is 12.6. The van der Waals surface area contributed by atoms with Gasteiger partial charge in [0.15, 0.2) is 0 Å². The molecule has 18 heavy (non-hydrogen) atoms. The van der Waals surface area contributed by atoms with Crippen LogP contribution in [0, 0.1) is 5.92 Å². The van der Waals surface area contributed by atoms with Crippen molar-refractivity contribution in [1.82, 2.24) is 4.90 Å². The van der Waals surface area contributed by atoms with E-state index in [4.69, 9.17) is 0 Å². The molecular weight excluding hydrogens is 241 g/mol. The first-order valence-corrected chi connectivity index (χ1v) is 5.95. The second-order valence-electron chi connectivity index (χ2n) is 5.08. The molecule has 100 valence electrons. The van der Waals surface area contributed by atoms with Crippen LogP contribution in [-0.2, 0) is 12.6 Å². The molecule has 0 saturated carbocycles. The monoisotopic (exact) mass is 258 g/mol. The van der Waals surface area contributed by atoms with E-state index < -0.39 is 11.7 Å². The lowest BCUT2D eigenvalue weighted by Crippen LogP contribution is -2.32. The van der Waals surface area contributed by atoms with Gasteiger partial charge >= 0.3 is 6.18 Å². The Bertz CT molecular complexity index is 427. The third kappa shape index (κ3) is 2.96. The van der Waals surface area contributed by atoms with Gasteiger partial charge in [0, 0.05) is 18.8 Å². The summed E-state index contributed by atoms with van der Waals surface area (Å²) in [5.41, 5.74) is 1.01. The van der Waals surface area contributed by atoms with Crippen LogP contribution in [0.25, 0.3) is 0 Å². The highest BCUT2D eigenvalue weighted by molar-refractivity contribution is 5.55. The van der Waals surface area contributed by atoms with Crippen molar-refractivity contribution in [2.75, 3.05) is 32.5 Å². The van der Waals surface area contributed by atoms with Crippen molar-refractivity contribution in [1.29, 1.82) is 0 Å². The smallest absolute Gasteiger partial charge is 0.384 e. The maximum atomic E-state index is 12.6. The van der Waals surface area contributed by atoms with Gasteiger partial charge in [0.05, 0.1) is 5.56 Å². The number of halogens is 3. The highest BCUT2D eigenvalue weighted by atomic mass is 19.4. The van der Waals surface area contributed by atoms with Gasteiger partial charge in [0.1, 0.15) is 0 Å². The van der Waals surface area contributed by atoms with E-state index in [1.807, 2.05) is 14.1 Å². The lowest BCUT2D eigenvalue weighted by Gasteiger charge is -2.28. The van der Waals surface area contributed by atoms with Crippen molar-refractivity contribution in [3.05, 3.63) is 29.3 Å². The molecule has 1 N–H and O–H groups in total. The zero-order chi connectivity index (χ0) is 13.3. The summed E-state index contributed by atoms with van der Waals surface area (Å²) in [6.45, 7) is 1.67. The fourth-order valence-corrected chi connectivity index (χ4v) is 2.38. The molecule has 2 nitrogen and oxygen atoms in total. The zero-order valence-electron chi connectivity index (χ0n) is 10.5. The van der Waals surface area contributed by atoms with E-state index in [1.54, 1.807) is 6.07 Å². The van der Waals surface area contributed by atoms with Gasteiger partial charge in [-0.1, -0.05) is 6.07 Å². The van der Waals surface area contributed by atoms with Crippen LogP contribution >= 0.6 is 0 Å². The Morgan fingerprint density at radius 2 is 2.06 bits per heavy atom. The molecule has 1 unspecified atom stereocenters. The lowest BCUT2D eigenvalue weighted by molar-refractivity contribution is -0.137. The van der Waals surface area contributed by atoms with Crippen molar-refractivity contribution in [2.24, 2.45) is 5.92 Å². The standard InChI is InChI=1S/C13H17F3N2/c1-18(2)8-9-5-10-3-4-11(13(14,15)16)6-12(10)17-7-9/h3-4,6,9,17H,5,7-8H2,1-2H3. The van der Waals surface area contributed by atoms with Crippen LogP contribution in [0.1, 0.15) is 11.1 Å². The van der Waals surface area contributed by atoms with Gasteiger partial charge in [-0.15, -0.1) is 0 Å². The summed E-state index contributed by atoms with van der Waals surface area (Å²) in [6, 6.07) is 3.97. The summed E-state index contributed by atoms with van der Waals surface area (Å²) in [7, 11) is 4.00. The molecule has 1 heterocycles. The van der Waals surface area contributed by atoms with Crippen molar-refractivity contribution >= 4 is 5.69 Å². The molecule has 2 rings (SSSR count). The van der Waals surface area contributed by atoms with E-state index in [2.05, 4.69) is 10.2 Å². The highest BCUT2D eigenvalue weighted by Gasteiger charge is 2.31. The number of hydrogen-bond donors (Lipinski definition) is 1. The Labute approximate surface area is 105 Å². The fraction of sp³-hybridized carbons (Fsp3) is 0.538.